The highest BCUT2D eigenvalue weighted by Crippen LogP contribution is 2.47. The molecule has 5 heteroatoms. The van der Waals surface area contributed by atoms with Gasteiger partial charge in [0.05, 0.1) is 11.3 Å². The molecule has 0 spiro atoms. The molecule has 0 unspecified atom stereocenters. The molecule has 2 nitrogen and oxygen atoms in total. The fraction of sp³-hybridized carbons (Fsp3) is 0.615. The van der Waals surface area contributed by atoms with Gasteiger partial charge in [0.1, 0.15) is 5.82 Å². The van der Waals surface area contributed by atoms with Crippen LogP contribution in [-0.4, -0.2) is 4.98 Å². The van der Waals surface area contributed by atoms with Gasteiger partial charge < -0.3 is 5.73 Å². The van der Waals surface area contributed by atoms with Crippen molar-refractivity contribution in [2.24, 2.45) is 0 Å². The fourth-order valence-electron chi connectivity index (χ4n) is 1.94. The van der Waals surface area contributed by atoms with Crippen molar-refractivity contribution in [1.29, 1.82) is 0 Å². The van der Waals surface area contributed by atoms with E-state index in [0.29, 0.717) is 5.56 Å². The number of hydrogen-bond donors (Lipinski definition) is 1. The van der Waals surface area contributed by atoms with E-state index in [-0.39, 0.29) is 23.9 Å². The second-order valence-electron chi connectivity index (χ2n) is 4.08. The van der Waals surface area contributed by atoms with Crippen LogP contribution in [0.4, 0.5) is 19.0 Å². The van der Waals surface area contributed by atoms with Crippen LogP contribution in [0.1, 0.15) is 56.4 Å². The number of alkyl halides is 3. The average molecular weight is 260 g/mol. The van der Waals surface area contributed by atoms with Crippen LogP contribution in [0.5, 0.6) is 0 Å². The molecule has 1 aliphatic rings. The van der Waals surface area contributed by atoms with E-state index in [9.17, 15) is 13.2 Å². The smallest absolute Gasteiger partial charge is 0.384 e. The molecule has 0 aromatic carbocycles. The van der Waals surface area contributed by atoms with Crippen molar-refractivity contribution in [3.8, 4) is 0 Å². The van der Waals surface area contributed by atoms with E-state index < -0.39 is 11.7 Å². The van der Waals surface area contributed by atoms with Gasteiger partial charge in [0.2, 0.25) is 0 Å². The average Bonchev–Trinajstić information content (AvgIpc) is 3.12. The van der Waals surface area contributed by atoms with Crippen molar-refractivity contribution in [3.05, 3.63) is 22.9 Å². The van der Waals surface area contributed by atoms with Gasteiger partial charge in [-0.05, 0) is 36.8 Å². The number of nitrogen functional groups attached to an aromatic ring is 1. The van der Waals surface area contributed by atoms with E-state index in [2.05, 4.69) is 4.98 Å². The topological polar surface area (TPSA) is 38.9 Å². The Hall–Kier alpha value is -1.26. The summed E-state index contributed by atoms with van der Waals surface area (Å²) in [6.07, 6.45) is -2.45. The first-order valence-electron chi connectivity index (χ1n) is 6.30. The first-order valence-corrected chi connectivity index (χ1v) is 6.30. The van der Waals surface area contributed by atoms with E-state index >= 15 is 0 Å². The minimum atomic E-state index is -4.33. The molecule has 1 fully saturated rings. The van der Waals surface area contributed by atoms with Crippen LogP contribution in [0.15, 0.2) is 6.07 Å². The van der Waals surface area contributed by atoms with Gasteiger partial charge in [0, 0.05) is 0 Å². The third-order valence-electron chi connectivity index (χ3n) is 2.78. The predicted octanol–water partition coefficient (Wildman–Crippen LogP) is 4.15. The fourth-order valence-corrected chi connectivity index (χ4v) is 1.94. The number of nitrogens with zero attached hydrogens (tertiary/aromatic N) is 1. The maximum Gasteiger partial charge on any atom is 0.418 e. The van der Waals surface area contributed by atoms with Gasteiger partial charge in [-0.1, -0.05) is 20.8 Å². The first-order chi connectivity index (χ1) is 8.43. The predicted molar refractivity (Wildman–Crippen MR) is 66.4 cm³/mol. The van der Waals surface area contributed by atoms with Crippen LogP contribution < -0.4 is 5.73 Å². The molecular formula is C13H19F3N2. The van der Waals surface area contributed by atoms with Crippen LogP contribution in [0, 0.1) is 0 Å². The highest BCUT2D eigenvalue weighted by molar-refractivity contribution is 5.46. The minimum Gasteiger partial charge on any atom is -0.384 e. The van der Waals surface area contributed by atoms with E-state index in [0.717, 1.165) is 12.8 Å². The van der Waals surface area contributed by atoms with Crippen LogP contribution in [-0.2, 0) is 12.6 Å². The summed E-state index contributed by atoms with van der Waals surface area (Å²) >= 11 is 0. The summed E-state index contributed by atoms with van der Waals surface area (Å²) in [5.41, 5.74) is 5.37. The number of halogens is 3. The molecular weight excluding hydrogens is 241 g/mol. The molecule has 1 saturated carbocycles. The van der Waals surface area contributed by atoms with E-state index in [4.69, 9.17) is 5.73 Å². The van der Waals surface area contributed by atoms with Crippen molar-refractivity contribution >= 4 is 5.82 Å². The summed E-state index contributed by atoms with van der Waals surface area (Å²) in [6.45, 7) is 5.66. The van der Waals surface area contributed by atoms with Crippen LogP contribution in [0.2, 0.25) is 0 Å². The first kappa shape index (κ1) is 14.8. The number of rotatable bonds is 2. The summed E-state index contributed by atoms with van der Waals surface area (Å²) in [4.78, 5) is 3.79. The highest BCUT2D eigenvalue weighted by Gasteiger charge is 2.40. The zero-order valence-electron chi connectivity index (χ0n) is 10.9. The van der Waals surface area contributed by atoms with Gasteiger partial charge in [-0.15, -0.1) is 0 Å². The van der Waals surface area contributed by atoms with Crippen molar-refractivity contribution < 1.29 is 13.2 Å². The lowest BCUT2D eigenvalue weighted by Crippen LogP contribution is -2.15. The van der Waals surface area contributed by atoms with Crippen molar-refractivity contribution in [3.63, 3.8) is 0 Å². The molecule has 18 heavy (non-hydrogen) atoms. The zero-order chi connectivity index (χ0) is 13.9. The summed E-state index contributed by atoms with van der Waals surface area (Å²) < 4.78 is 38.8. The van der Waals surface area contributed by atoms with Gasteiger partial charge in [-0.25, -0.2) is 4.98 Å². The lowest BCUT2D eigenvalue weighted by atomic mass is 10.0. The largest absolute Gasteiger partial charge is 0.418 e. The molecule has 0 bridgehead atoms. The molecule has 0 amide bonds. The monoisotopic (exact) mass is 260 g/mol. The lowest BCUT2D eigenvalue weighted by molar-refractivity contribution is -0.139. The van der Waals surface area contributed by atoms with Crippen molar-refractivity contribution in [2.75, 3.05) is 5.73 Å². The summed E-state index contributed by atoms with van der Waals surface area (Å²) in [5.74, 6) is 0.207. The van der Waals surface area contributed by atoms with Gasteiger partial charge in [0.25, 0.3) is 0 Å². The van der Waals surface area contributed by atoms with E-state index in [1.54, 1.807) is 6.92 Å². The Labute approximate surface area is 105 Å². The number of aryl methyl sites for hydroxylation is 1. The number of nitrogens with two attached hydrogens (primary N) is 1. The second-order valence-corrected chi connectivity index (χ2v) is 4.08. The SMILES string of the molecule is CC.CCc1nc(N)cc(C2CC2)c1C(F)(F)F. The normalized spacial score (nSPS) is 15.0. The molecule has 0 radical (unpaired) electrons. The molecule has 0 atom stereocenters. The molecule has 0 saturated heterocycles. The summed E-state index contributed by atoms with van der Waals surface area (Å²) in [5, 5.41) is 0. The third-order valence-corrected chi connectivity index (χ3v) is 2.78. The molecule has 2 rings (SSSR count). The summed E-state index contributed by atoms with van der Waals surface area (Å²) in [7, 11) is 0. The number of pyridine rings is 1. The molecule has 2 N–H and O–H groups in total. The molecule has 1 aromatic heterocycles. The quantitative estimate of drug-likeness (QED) is 0.867. The van der Waals surface area contributed by atoms with Gasteiger partial charge in [-0.3, -0.25) is 0 Å². The van der Waals surface area contributed by atoms with Crippen LogP contribution in [0.3, 0.4) is 0 Å². The minimum absolute atomic E-state index is 0.0206. The Balaban J connectivity index is 0.000000771. The van der Waals surface area contributed by atoms with Gasteiger partial charge >= 0.3 is 6.18 Å². The number of anilines is 1. The van der Waals surface area contributed by atoms with Crippen LogP contribution in [0.25, 0.3) is 0 Å². The number of hydrogen-bond acceptors (Lipinski definition) is 2. The van der Waals surface area contributed by atoms with Gasteiger partial charge in [-0.2, -0.15) is 13.2 Å². The Bertz CT molecular complexity index is 409. The Morgan fingerprint density at radius 3 is 2.28 bits per heavy atom. The standard InChI is InChI=1S/C11H13F3N2.C2H6/c1-2-8-10(11(12,13)14)7(6-3-4-6)5-9(15)16-8;1-2/h5-6H,2-4H2,1H3,(H2,15,16);1-2H3. The maximum atomic E-state index is 12.9. The Morgan fingerprint density at radius 1 is 1.33 bits per heavy atom. The lowest BCUT2D eigenvalue weighted by Gasteiger charge is -2.16. The molecule has 1 aliphatic carbocycles. The summed E-state index contributed by atoms with van der Waals surface area (Å²) in [6, 6.07) is 1.37. The van der Waals surface area contributed by atoms with Gasteiger partial charge in [0.15, 0.2) is 0 Å². The highest BCUT2D eigenvalue weighted by atomic mass is 19.4. The van der Waals surface area contributed by atoms with E-state index in [1.165, 1.54) is 6.07 Å². The number of aromatic nitrogens is 1. The second kappa shape index (κ2) is 5.59. The molecule has 102 valence electrons. The third kappa shape index (κ3) is 3.15. The zero-order valence-corrected chi connectivity index (χ0v) is 10.9. The molecule has 1 aromatic rings. The molecule has 1 heterocycles. The van der Waals surface area contributed by atoms with Crippen molar-refractivity contribution in [1.82, 2.24) is 4.98 Å². The maximum absolute atomic E-state index is 12.9. The van der Waals surface area contributed by atoms with E-state index in [1.807, 2.05) is 13.8 Å². The Kier molecular flexibility index (Phi) is 4.59. The van der Waals surface area contributed by atoms with Crippen LogP contribution >= 0.6 is 0 Å². The van der Waals surface area contributed by atoms with Crippen molar-refractivity contribution in [2.45, 2.75) is 52.1 Å². The Morgan fingerprint density at radius 2 is 1.89 bits per heavy atom. The molecule has 0 aliphatic heterocycles.